The van der Waals surface area contributed by atoms with Crippen molar-refractivity contribution in [1.29, 1.82) is 5.26 Å². The summed E-state index contributed by atoms with van der Waals surface area (Å²) in [5.74, 6) is -0.00184. The van der Waals surface area contributed by atoms with E-state index in [0.717, 1.165) is 5.56 Å². The molecule has 3 rings (SSSR count). The van der Waals surface area contributed by atoms with E-state index < -0.39 is 5.91 Å². The van der Waals surface area contributed by atoms with Crippen LogP contribution in [0.15, 0.2) is 69.1 Å². The molecule has 0 fully saturated rings. The van der Waals surface area contributed by atoms with Gasteiger partial charge >= 0.3 is 0 Å². The third-order valence-corrected chi connectivity index (χ3v) is 6.49. The van der Waals surface area contributed by atoms with Crippen LogP contribution in [0, 0.1) is 11.3 Å². The number of nitrogens with one attached hydrogen (secondary N) is 1. The zero-order chi connectivity index (χ0) is 23.3. The maximum absolute atomic E-state index is 12.5. The van der Waals surface area contributed by atoms with Gasteiger partial charge < -0.3 is 10.1 Å². The molecular formula is C23H13Br2Cl3N2O2. The molecule has 0 aliphatic carbocycles. The molecule has 162 valence electrons. The number of carbonyl (C=O) groups is 1. The third-order valence-electron chi connectivity index (χ3n) is 4.20. The largest absolute Gasteiger partial charge is 0.486 e. The van der Waals surface area contributed by atoms with Crippen molar-refractivity contribution in [3.8, 4) is 11.8 Å². The monoisotopic (exact) mass is 612 g/mol. The van der Waals surface area contributed by atoms with Crippen LogP contribution >= 0.6 is 66.7 Å². The van der Waals surface area contributed by atoms with Gasteiger partial charge in [-0.15, -0.1) is 0 Å². The van der Waals surface area contributed by atoms with Gasteiger partial charge in [0.25, 0.3) is 5.91 Å². The molecule has 0 saturated carbocycles. The summed E-state index contributed by atoms with van der Waals surface area (Å²) in [6.45, 7) is 0.279. The van der Waals surface area contributed by atoms with Crippen molar-refractivity contribution >= 4 is 84.3 Å². The van der Waals surface area contributed by atoms with Crippen LogP contribution in [-0.2, 0) is 11.4 Å². The first kappa shape index (κ1) is 24.6. The normalized spacial score (nSPS) is 11.1. The summed E-state index contributed by atoms with van der Waals surface area (Å²) < 4.78 is 7.19. The highest BCUT2D eigenvalue weighted by molar-refractivity contribution is 9.11. The molecule has 3 aromatic carbocycles. The number of amides is 1. The molecule has 0 aliphatic heterocycles. The summed E-state index contributed by atoms with van der Waals surface area (Å²) in [7, 11) is 0. The van der Waals surface area contributed by atoms with Crippen molar-refractivity contribution < 1.29 is 9.53 Å². The molecular weight excluding hydrogens is 602 g/mol. The lowest BCUT2D eigenvalue weighted by atomic mass is 10.1. The quantitative estimate of drug-likeness (QED) is 0.224. The van der Waals surface area contributed by atoms with E-state index in [0.29, 0.717) is 41.0 Å². The van der Waals surface area contributed by atoms with Gasteiger partial charge in [0.15, 0.2) is 0 Å². The Morgan fingerprint density at radius 1 is 1.00 bits per heavy atom. The van der Waals surface area contributed by atoms with E-state index in [1.54, 1.807) is 30.3 Å². The molecule has 32 heavy (non-hydrogen) atoms. The fourth-order valence-electron chi connectivity index (χ4n) is 2.65. The van der Waals surface area contributed by atoms with Gasteiger partial charge in [0.1, 0.15) is 24.0 Å². The first-order valence-electron chi connectivity index (χ1n) is 9.02. The Morgan fingerprint density at radius 3 is 2.31 bits per heavy atom. The Morgan fingerprint density at radius 2 is 1.69 bits per heavy atom. The summed E-state index contributed by atoms with van der Waals surface area (Å²) in [6, 6.07) is 17.5. The van der Waals surface area contributed by atoms with Crippen LogP contribution in [0.4, 0.5) is 5.69 Å². The number of halogens is 5. The van der Waals surface area contributed by atoms with Crippen LogP contribution in [-0.4, -0.2) is 5.91 Å². The summed E-state index contributed by atoms with van der Waals surface area (Å²) in [5, 5.41) is 13.4. The summed E-state index contributed by atoms with van der Waals surface area (Å²) in [6.07, 6.45) is 1.47. The molecule has 0 radical (unpaired) electrons. The highest BCUT2D eigenvalue weighted by atomic mass is 79.9. The predicted molar refractivity (Wildman–Crippen MR) is 136 cm³/mol. The lowest BCUT2D eigenvalue weighted by Gasteiger charge is -2.12. The number of nitriles is 1. The van der Waals surface area contributed by atoms with E-state index in [-0.39, 0.29) is 12.2 Å². The fourth-order valence-corrected chi connectivity index (χ4v) is 4.59. The number of nitrogens with zero attached hydrogens (tertiary/aromatic N) is 1. The number of hydrogen-bond acceptors (Lipinski definition) is 3. The Bertz CT molecular complexity index is 1230. The summed E-state index contributed by atoms with van der Waals surface area (Å²) in [4.78, 5) is 12.5. The van der Waals surface area contributed by atoms with Crippen molar-refractivity contribution in [3.05, 3.63) is 95.3 Å². The number of carbonyl (C=O) groups excluding carboxylic acids is 1. The van der Waals surface area contributed by atoms with Crippen LogP contribution in [0.2, 0.25) is 15.1 Å². The van der Waals surface area contributed by atoms with Crippen LogP contribution < -0.4 is 10.1 Å². The minimum Gasteiger partial charge on any atom is -0.486 e. The molecule has 0 heterocycles. The first-order chi connectivity index (χ1) is 15.3. The third kappa shape index (κ3) is 6.28. The number of hydrogen-bond donors (Lipinski definition) is 1. The second kappa shape index (κ2) is 11.2. The van der Waals surface area contributed by atoms with Crippen LogP contribution in [0.1, 0.15) is 11.1 Å². The number of benzene rings is 3. The second-order valence-electron chi connectivity index (χ2n) is 6.45. The average Bonchev–Trinajstić information content (AvgIpc) is 2.75. The molecule has 0 saturated heterocycles. The van der Waals surface area contributed by atoms with Gasteiger partial charge in [-0.1, -0.05) is 53.0 Å². The van der Waals surface area contributed by atoms with E-state index in [1.165, 1.54) is 12.1 Å². The highest BCUT2D eigenvalue weighted by Crippen LogP contribution is 2.36. The van der Waals surface area contributed by atoms with Crippen molar-refractivity contribution in [2.24, 2.45) is 0 Å². The molecule has 0 aromatic heterocycles. The molecule has 0 bridgehead atoms. The molecule has 3 aromatic rings. The maximum atomic E-state index is 12.5. The van der Waals surface area contributed by atoms with Gasteiger partial charge in [0.05, 0.1) is 19.0 Å². The van der Waals surface area contributed by atoms with E-state index >= 15 is 0 Å². The lowest BCUT2D eigenvalue weighted by molar-refractivity contribution is -0.112. The lowest BCUT2D eigenvalue weighted by Crippen LogP contribution is -2.13. The minimum atomic E-state index is -0.572. The molecule has 0 atom stereocenters. The second-order valence-corrected chi connectivity index (χ2v) is 9.38. The molecule has 0 spiro atoms. The van der Waals surface area contributed by atoms with Crippen molar-refractivity contribution in [2.45, 2.75) is 6.61 Å². The van der Waals surface area contributed by atoms with Crippen LogP contribution in [0.25, 0.3) is 6.08 Å². The number of anilines is 1. The van der Waals surface area contributed by atoms with Gasteiger partial charge in [-0.05, 0) is 79.9 Å². The fraction of sp³-hybridized carbons (Fsp3) is 0.0435. The molecule has 1 N–H and O–H groups in total. The molecule has 4 nitrogen and oxygen atoms in total. The molecule has 9 heteroatoms. The van der Waals surface area contributed by atoms with E-state index in [2.05, 4.69) is 37.2 Å². The standard InChI is InChI=1S/C23H13Br2Cl3N2O2/c24-17-8-13(9-18(25)22(17)32-12-14-3-1-2-4-19(14)26)7-15(11-29)23(31)30-16-5-6-20(27)21(28)10-16/h1-10H,12H2,(H,30,31)/b15-7+. The summed E-state index contributed by atoms with van der Waals surface area (Å²) >= 11 is 25.0. The smallest absolute Gasteiger partial charge is 0.266 e. The Labute approximate surface area is 217 Å². The summed E-state index contributed by atoms with van der Waals surface area (Å²) in [5.41, 5.74) is 1.81. The molecule has 0 unspecified atom stereocenters. The first-order valence-corrected chi connectivity index (χ1v) is 11.7. The zero-order valence-electron chi connectivity index (χ0n) is 16.1. The minimum absolute atomic E-state index is 0.0837. The van der Waals surface area contributed by atoms with E-state index in [1.807, 2.05) is 24.3 Å². The maximum Gasteiger partial charge on any atom is 0.266 e. The number of rotatable bonds is 6. The van der Waals surface area contributed by atoms with Crippen molar-refractivity contribution in [1.82, 2.24) is 0 Å². The highest BCUT2D eigenvalue weighted by Gasteiger charge is 2.14. The zero-order valence-corrected chi connectivity index (χ0v) is 21.6. The molecule has 1 amide bonds. The van der Waals surface area contributed by atoms with E-state index in [9.17, 15) is 10.1 Å². The molecule has 0 aliphatic rings. The topological polar surface area (TPSA) is 62.1 Å². The Balaban J connectivity index is 1.78. The van der Waals surface area contributed by atoms with Crippen LogP contribution in [0.3, 0.4) is 0 Å². The van der Waals surface area contributed by atoms with Gasteiger partial charge in [-0.25, -0.2) is 0 Å². The Hall–Kier alpha value is -2.01. The van der Waals surface area contributed by atoms with Gasteiger partial charge in [0.2, 0.25) is 0 Å². The average molecular weight is 616 g/mol. The SMILES string of the molecule is N#C/C(=C\c1cc(Br)c(OCc2ccccc2Cl)c(Br)c1)C(=O)Nc1ccc(Cl)c(Cl)c1. The predicted octanol–water partition coefficient (Wildman–Crippen LogP) is 8.30. The van der Waals surface area contributed by atoms with Gasteiger partial charge in [0, 0.05) is 16.3 Å². The van der Waals surface area contributed by atoms with Gasteiger partial charge in [-0.2, -0.15) is 5.26 Å². The van der Waals surface area contributed by atoms with E-state index in [4.69, 9.17) is 39.5 Å². The van der Waals surface area contributed by atoms with Crippen LogP contribution in [0.5, 0.6) is 5.75 Å². The Kier molecular flexibility index (Phi) is 8.64. The van der Waals surface area contributed by atoms with Crippen molar-refractivity contribution in [2.75, 3.05) is 5.32 Å². The number of ether oxygens (including phenoxy) is 1. The van der Waals surface area contributed by atoms with Crippen molar-refractivity contribution in [3.63, 3.8) is 0 Å². The van der Waals surface area contributed by atoms with Gasteiger partial charge in [-0.3, -0.25) is 4.79 Å².